The molecule has 88 valence electrons. The Morgan fingerprint density at radius 1 is 1.35 bits per heavy atom. The van der Waals surface area contributed by atoms with Crippen LogP contribution in [0.25, 0.3) is 10.8 Å². The van der Waals surface area contributed by atoms with Crippen molar-refractivity contribution in [2.24, 2.45) is 0 Å². The molecule has 2 nitrogen and oxygen atoms in total. The first-order chi connectivity index (χ1) is 8.19. The molecule has 1 fully saturated rings. The van der Waals surface area contributed by atoms with Crippen molar-refractivity contribution in [3.63, 3.8) is 0 Å². The molecule has 1 heterocycles. The van der Waals surface area contributed by atoms with E-state index in [4.69, 9.17) is 0 Å². The van der Waals surface area contributed by atoms with E-state index in [0.717, 1.165) is 19.3 Å². The number of benzene rings is 1. The standard InChI is InChI=1S/C15H17NO/c1-15(7-5-12(17)9-15)14-4-2-3-11-6-8-16-10-13(11)14/h2-4,6,8,10,12,17H,5,7,9H2,1H3. The van der Waals surface area contributed by atoms with Gasteiger partial charge in [-0.15, -0.1) is 0 Å². The van der Waals surface area contributed by atoms with Crippen LogP contribution in [0.2, 0.25) is 0 Å². The lowest BCUT2D eigenvalue weighted by molar-refractivity contribution is 0.175. The predicted octanol–water partition coefficient (Wildman–Crippen LogP) is 3.04. The van der Waals surface area contributed by atoms with Gasteiger partial charge in [-0.05, 0) is 41.7 Å². The zero-order chi connectivity index (χ0) is 11.9. The topological polar surface area (TPSA) is 33.1 Å². The molecule has 2 unspecified atom stereocenters. The Morgan fingerprint density at radius 2 is 2.24 bits per heavy atom. The summed E-state index contributed by atoms with van der Waals surface area (Å²) in [5.74, 6) is 0. The number of nitrogens with zero attached hydrogens (tertiary/aromatic N) is 1. The minimum absolute atomic E-state index is 0.0992. The highest BCUT2D eigenvalue weighted by Gasteiger charge is 2.36. The Labute approximate surface area is 101 Å². The van der Waals surface area contributed by atoms with Crippen molar-refractivity contribution >= 4 is 10.8 Å². The molecular weight excluding hydrogens is 210 g/mol. The molecule has 0 spiro atoms. The second-order valence-electron chi connectivity index (χ2n) is 5.36. The lowest BCUT2D eigenvalue weighted by Gasteiger charge is -2.25. The molecule has 2 heteroatoms. The normalized spacial score (nSPS) is 28.7. The van der Waals surface area contributed by atoms with Gasteiger partial charge in [0.25, 0.3) is 0 Å². The second-order valence-corrected chi connectivity index (χ2v) is 5.36. The molecule has 3 rings (SSSR count). The molecule has 1 N–H and O–H groups in total. The Kier molecular flexibility index (Phi) is 2.40. The van der Waals surface area contributed by atoms with Crippen molar-refractivity contribution in [3.05, 3.63) is 42.2 Å². The van der Waals surface area contributed by atoms with Gasteiger partial charge in [-0.1, -0.05) is 25.1 Å². The molecule has 0 radical (unpaired) electrons. The summed E-state index contributed by atoms with van der Waals surface area (Å²) < 4.78 is 0. The lowest BCUT2D eigenvalue weighted by Crippen LogP contribution is -2.19. The minimum atomic E-state index is -0.146. The molecule has 0 amide bonds. The lowest BCUT2D eigenvalue weighted by atomic mass is 9.79. The summed E-state index contributed by atoms with van der Waals surface area (Å²) in [5, 5.41) is 12.2. The number of hydrogen-bond acceptors (Lipinski definition) is 2. The van der Waals surface area contributed by atoms with E-state index < -0.39 is 0 Å². The van der Waals surface area contributed by atoms with Gasteiger partial charge in [-0.2, -0.15) is 0 Å². The van der Waals surface area contributed by atoms with E-state index in [0.29, 0.717) is 0 Å². The first kappa shape index (κ1) is 10.7. The monoisotopic (exact) mass is 227 g/mol. The molecule has 2 atom stereocenters. The van der Waals surface area contributed by atoms with Crippen LogP contribution in [0.5, 0.6) is 0 Å². The summed E-state index contributed by atoms with van der Waals surface area (Å²) in [6.45, 7) is 2.25. The van der Waals surface area contributed by atoms with Crippen LogP contribution in [-0.4, -0.2) is 16.2 Å². The van der Waals surface area contributed by atoms with Crippen LogP contribution in [0.1, 0.15) is 31.7 Å². The number of pyridine rings is 1. The Hall–Kier alpha value is -1.41. The van der Waals surface area contributed by atoms with E-state index in [9.17, 15) is 5.11 Å². The van der Waals surface area contributed by atoms with Crippen molar-refractivity contribution < 1.29 is 5.11 Å². The maximum Gasteiger partial charge on any atom is 0.0549 e. The molecule has 2 aromatic rings. The van der Waals surface area contributed by atoms with Crippen LogP contribution in [0.4, 0.5) is 0 Å². The van der Waals surface area contributed by atoms with E-state index >= 15 is 0 Å². The fourth-order valence-electron chi connectivity index (χ4n) is 3.09. The Balaban J connectivity index is 2.17. The SMILES string of the molecule is CC1(c2cccc3ccncc23)CCC(O)C1. The number of aliphatic hydroxyl groups is 1. The fraction of sp³-hybridized carbons (Fsp3) is 0.400. The molecular formula is C15H17NO. The van der Waals surface area contributed by atoms with Crippen LogP contribution in [0.15, 0.2) is 36.7 Å². The third-order valence-corrected chi connectivity index (χ3v) is 4.05. The highest BCUT2D eigenvalue weighted by atomic mass is 16.3. The number of aromatic nitrogens is 1. The molecule has 1 aromatic carbocycles. The van der Waals surface area contributed by atoms with E-state index in [1.807, 2.05) is 18.5 Å². The van der Waals surface area contributed by atoms with Crippen molar-refractivity contribution in [2.75, 3.05) is 0 Å². The molecule has 0 bridgehead atoms. The summed E-state index contributed by atoms with van der Waals surface area (Å²) in [6, 6.07) is 8.46. The van der Waals surface area contributed by atoms with Gasteiger partial charge in [0.1, 0.15) is 0 Å². The quantitative estimate of drug-likeness (QED) is 0.812. The van der Waals surface area contributed by atoms with Crippen molar-refractivity contribution in [3.8, 4) is 0 Å². The van der Waals surface area contributed by atoms with Crippen molar-refractivity contribution in [1.82, 2.24) is 4.98 Å². The summed E-state index contributed by atoms with van der Waals surface area (Å²) in [7, 11) is 0. The third-order valence-electron chi connectivity index (χ3n) is 4.05. The largest absolute Gasteiger partial charge is 0.393 e. The number of fused-ring (bicyclic) bond motifs is 1. The van der Waals surface area contributed by atoms with E-state index in [1.165, 1.54) is 16.3 Å². The van der Waals surface area contributed by atoms with E-state index in [1.54, 1.807) is 0 Å². The van der Waals surface area contributed by atoms with Crippen molar-refractivity contribution in [1.29, 1.82) is 0 Å². The molecule has 0 saturated heterocycles. The van der Waals surface area contributed by atoms with E-state index in [2.05, 4.69) is 30.1 Å². The molecule has 1 aliphatic rings. The zero-order valence-corrected chi connectivity index (χ0v) is 10.1. The average molecular weight is 227 g/mol. The van der Waals surface area contributed by atoms with Gasteiger partial charge in [-0.25, -0.2) is 0 Å². The molecule has 0 aliphatic heterocycles. The number of hydrogen-bond donors (Lipinski definition) is 1. The minimum Gasteiger partial charge on any atom is -0.393 e. The zero-order valence-electron chi connectivity index (χ0n) is 10.1. The highest BCUT2D eigenvalue weighted by molar-refractivity contribution is 5.85. The van der Waals surface area contributed by atoms with Crippen molar-refractivity contribution in [2.45, 2.75) is 37.7 Å². The Bertz CT molecular complexity index is 546. The maximum absolute atomic E-state index is 9.78. The van der Waals surface area contributed by atoms with E-state index in [-0.39, 0.29) is 11.5 Å². The first-order valence-electron chi connectivity index (χ1n) is 6.20. The van der Waals surface area contributed by atoms with Gasteiger partial charge in [0.15, 0.2) is 0 Å². The second kappa shape index (κ2) is 3.81. The molecule has 1 aliphatic carbocycles. The van der Waals surface area contributed by atoms with Crippen LogP contribution in [0.3, 0.4) is 0 Å². The van der Waals surface area contributed by atoms with Crippen LogP contribution < -0.4 is 0 Å². The average Bonchev–Trinajstić information content (AvgIpc) is 2.70. The van der Waals surface area contributed by atoms with Gasteiger partial charge in [0.05, 0.1) is 6.10 Å². The predicted molar refractivity (Wildman–Crippen MR) is 69.0 cm³/mol. The molecule has 1 aromatic heterocycles. The van der Waals surface area contributed by atoms with Gasteiger partial charge in [0.2, 0.25) is 0 Å². The third kappa shape index (κ3) is 1.73. The highest BCUT2D eigenvalue weighted by Crippen LogP contribution is 2.43. The summed E-state index contributed by atoms with van der Waals surface area (Å²) in [6.07, 6.45) is 6.46. The van der Waals surface area contributed by atoms with Gasteiger partial charge >= 0.3 is 0 Å². The maximum atomic E-state index is 9.78. The molecule has 17 heavy (non-hydrogen) atoms. The number of rotatable bonds is 1. The fourth-order valence-corrected chi connectivity index (χ4v) is 3.09. The first-order valence-corrected chi connectivity index (χ1v) is 6.20. The summed E-state index contributed by atoms with van der Waals surface area (Å²) >= 11 is 0. The van der Waals surface area contributed by atoms with Crippen LogP contribution in [-0.2, 0) is 5.41 Å². The van der Waals surface area contributed by atoms with Crippen LogP contribution >= 0.6 is 0 Å². The van der Waals surface area contributed by atoms with Gasteiger partial charge in [-0.3, -0.25) is 4.98 Å². The van der Waals surface area contributed by atoms with Gasteiger partial charge < -0.3 is 5.11 Å². The summed E-state index contributed by atoms with van der Waals surface area (Å²) in [5.41, 5.74) is 1.43. The van der Waals surface area contributed by atoms with Gasteiger partial charge in [0, 0.05) is 17.8 Å². The smallest absolute Gasteiger partial charge is 0.0549 e. The summed E-state index contributed by atoms with van der Waals surface area (Å²) in [4.78, 5) is 4.23. The molecule has 1 saturated carbocycles. The number of aliphatic hydroxyl groups excluding tert-OH is 1. The Morgan fingerprint density at radius 3 is 3.00 bits per heavy atom. The van der Waals surface area contributed by atoms with Crippen LogP contribution in [0, 0.1) is 0 Å².